The lowest BCUT2D eigenvalue weighted by atomic mass is 9.92. The van der Waals surface area contributed by atoms with Crippen molar-refractivity contribution in [3.05, 3.63) is 0 Å². The van der Waals surface area contributed by atoms with E-state index in [0.29, 0.717) is 12.0 Å². The Morgan fingerprint density at radius 3 is 2.71 bits per heavy atom. The van der Waals surface area contributed by atoms with Crippen LogP contribution in [0.3, 0.4) is 0 Å². The quantitative estimate of drug-likeness (QED) is 0.747. The van der Waals surface area contributed by atoms with Crippen molar-refractivity contribution in [1.29, 1.82) is 0 Å². The maximum atomic E-state index is 9.97. The van der Waals surface area contributed by atoms with Crippen LogP contribution < -0.4 is 0 Å². The van der Waals surface area contributed by atoms with Gasteiger partial charge in [0.1, 0.15) is 0 Å². The molecule has 2 aliphatic rings. The van der Waals surface area contributed by atoms with Gasteiger partial charge >= 0.3 is 0 Å². The molecule has 2 aliphatic heterocycles. The lowest BCUT2D eigenvalue weighted by molar-refractivity contribution is -0.0314. The van der Waals surface area contributed by atoms with Crippen LogP contribution in [-0.4, -0.2) is 37.1 Å². The number of aliphatic hydroxyl groups is 1. The molecule has 0 aliphatic carbocycles. The molecule has 3 atom stereocenters. The Bertz CT molecular complexity index is 160. The molecule has 0 bridgehead atoms. The van der Waals surface area contributed by atoms with Gasteiger partial charge in [0.25, 0.3) is 0 Å². The fourth-order valence-electron chi connectivity index (χ4n) is 2.36. The average Bonchev–Trinajstić information content (AvgIpc) is 2.72. The molecular weight excluding hydrogens is 180 g/mol. The largest absolute Gasteiger partial charge is 0.393 e. The Labute approximate surface area is 85.4 Å². The maximum Gasteiger partial charge on any atom is 0.0615 e. The van der Waals surface area contributed by atoms with Gasteiger partial charge in [-0.1, -0.05) is 0 Å². The van der Waals surface area contributed by atoms with E-state index in [-0.39, 0.29) is 6.10 Å². The molecule has 0 aromatic heterocycles. The zero-order valence-electron chi connectivity index (χ0n) is 8.65. The molecule has 3 nitrogen and oxygen atoms in total. The second-order valence-corrected chi connectivity index (χ2v) is 4.42. The summed E-state index contributed by atoms with van der Waals surface area (Å²) < 4.78 is 10.9. The second-order valence-electron chi connectivity index (χ2n) is 4.42. The molecule has 3 unspecified atom stereocenters. The third-order valence-electron chi connectivity index (χ3n) is 3.27. The molecule has 0 amide bonds. The molecule has 0 spiro atoms. The highest BCUT2D eigenvalue weighted by Gasteiger charge is 2.26. The minimum Gasteiger partial charge on any atom is -0.393 e. The van der Waals surface area contributed by atoms with Gasteiger partial charge in [0.15, 0.2) is 0 Å². The van der Waals surface area contributed by atoms with Crippen molar-refractivity contribution in [2.45, 2.75) is 44.3 Å². The van der Waals surface area contributed by atoms with Crippen LogP contribution in [0, 0.1) is 5.92 Å². The Balaban J connectivity index is 1.72. The van der Waals surface area contributed by atoms with Crippen LogP contribution in [0.4, 0.5) is 0 Å². The second kappa shape index (κ2) is 5.10. The third-order valence-corrected chi connectivity index (χ3v) is 3.27. The van der Waals surface area contributed by atoms with Gasteiger partial charge < -0.3 is 14.6 Å². The van der Waals surface area contributed by atoms with Crippen molar-refractivity contribution in [3.63, 3.8) is 0 Å². The van der Waals surface area contributed by atoms with Gasteiger partial charge in [-0.2, -0.15) is 0 Å². The third kappa shape index (κ3) is 2.69. The van der Waals surface area contributed by atoms with Gasteiger partial charge in [-0.25, -0.2) is 0 Å². The van der Waals surface area contributed by atoms with Crippen molar-refractivity contribution in [1.82, 2.24) is 0 Å². The van der Waals surface area contributed by atoms with Crippen LogP contribution in [0.25, 0.3) is 0 Å². The van der Waals surface area contributed by atoms with E-state index in [1.807, 2.05) is 0 Å². The summed E-state index contributed by atoms with van der Waals surface area (Å²) in [7, 11) is 0. The van der Waals surface area contributed by atoms with Crippen LogP contribution in [-0.2, 0) is 9.47 Å². The minimum atomic E-state index is -0.224. The first kappa shape index (κ1) is 10.4. The molecule has 0 aromatic rings. The Morgan fingerprint density at radius 1 is 1.21 bits per heavy atom. The van der Waals surface area contributed by atoms with E-state index in [9.17, 15) is 5.11 Å². The molecule has 2 saturated heterocycles. The smallest absolute Gasteiger partial charge is 0.0615 e. The molecule has 0 aromatic carbocycles. The van der Waals surface area contributed by atoms with Crippen molar-refractivity contribution >= 4 is 0 Å². The predicted octanol–water partition coefficient (Wildman–Crippen LogP) is 1.34. The molecule has 1 N–H and O–H groups in total. The summed E-state index contributed by atoms with van der Waals surface area (Å²) in [5.41, 5.74) is 0. The lowest BCUT2D eigenvalue weighted by Crippen LogP contribution is -2.31. The maximum absolute atomic E-state index is 9.97. The first-order chi connectivity index (χ1) is 6.86. The van der Waals surface area contributed by atoms with Gasteiger partial charge in [-0.15, -0.1) is 0 Å². The minimum absolute atomic E-state index is 0.224. The number of hydrogen-bond acceptors (Lipinski definition) is 3. The van der Waals surface area contributed by atoms with Gasteiger partial charge in [0.2, 0.25) is 0 Å². The zero-order valence-corrected chi connectivity index (χ0v) is 8.65. The summed E-state index contributed by atoms with van der Waals surface area (Å²) >= 11 is 0. The molecule has 2 rings (SSSR count). The number of aliphatic hydroxyl groups excluding tert-OH is 1. The van der Waals surface area contributed by atoms with E-state index >= 15 is 0 Å². The highest BCUT2D eigenvalue weighted by Crippen LogP contribution is 2.24. The van der Waals surface area contributed by atoms with E-state index < -0.39 is 0 Å². The van der Waals surface area contributed by atoms with Gasteiger partial charge in [-0.3, -0.25) is 0 Å². The normalized spacial score (nSPS) is 35.8. The highest BCUT2D eigenvalue weighted by atomic mass is 16.5. The van der Waals surface area contributed by atoms with Crippen molar-refractivity contribution < 1.29 is 14.6 Å². The van der Waals surface area contributed by atoms with Crippen molar-refractivity contribution in [3.8, 4) is 0 Å². The Morgan fingerprint density at radius 2 is 2.07 bits per heavy atom. The van der Waals surface area contributed by atoms with Gasteiger partial charge in [0.05, 0.1) is 18.8 Å². The van der Waals surface area contributed by atoms with Crippen molar-refractivity contribution in [2.24, 2.45) is 5.92 Å². The first-order valence-corrected chi connectivity index (χ1v) is 5.73. The SMILES string of the molecule is OC(CC1CCCO1)C1CCCOC1. The van der Waals surface area contributed by atoms with Crippen LogP contribution in [0.2, 0.25) is 0 Å². The lowest BCUT2D eigenvalue weighted by Gasteiger charge is -2.28. The van der Waals surface area contributed by atoms with Gasteiger partial charge in [0, 0.05) is 19.1 Å². The van der Waals surface area contributed by atoms with Crippen LogP contribution >= 0.6 is 0 Å². The summed E-state index contributed by atoms with van der Waals surface area (Å²) in [6.45, 7) is 2.47. The summed E-state index contributed by atoms with van der Waals surface area (Å²) in [4.78, 5) is 0. The van der Waals surface area contributed by atoms with E-state index in [1.54, 1.807) is 0 Å². The van der Waals surface area contributed by atoms with E-state index in [4.69, 9.17) is 9.47 Å². The Kier molecular flexibility index (Phi) is 3.79. The Hall–Kier alpha value is -0.120. The fraction of sp³-hybridized carbons (Fsp3) is 1.00. The monoisotopic (exact) mass is 200 g/mol. The predicted molar refractivity (Wildman–Crippen MR) is 53.1 cm³/mol. The van der Waals surface area contributed by atoms with Crippen LogP contribution in [0.15, 0.2) is 0 Å². The van der Waals surface area contributed by atoms with E-state index in [1.165, 1.54) is 0 Å². The molecule has 2 fully saturated rings. The molecule has 2 heterocycles. The molecule has 3 heteroatoms. The topological polar surface area (TPSA) is 38.7 Å². The summed E-state index contributed by atoms with van der Waals surface area (Å²) in [5, 5.41) is 9.97. The first-order valence-electron chi connectivity index (χ1n) is 5.73. The number of hydrogen-bond donors (Lipinski definition) is 1. The van der Waals surface area contributed by atoms with E-state index in [0.717, 1.165) is 51.9 Å². The van der Waals surface area contributed by atoms with Crippen LogP contribution in [0.5, 0.6) is 0 Å². The summed E-state index contributed by atoms with van der Waals surface area (Å²) in [6, 6.07) is 0. The highest BCUT2D eigenvalue weighted by molar-refractivity contribution is 4.76. The molecular formula is C11H20O3. The molecule has 0 radical (unpaired) electrons. The molecule has 0 saturated carbocycles. The molecule has 82 valence electrons. The summed E-state index contributed by atoms with van der Waals surface area (Å²) in [6.07, 6.45) is 5.34. The molecule has 14 heavy (non-hydrogen) atoms. The van der Waals surface area contributed by atoms with Crippen LogP contribution in [0.1, 0.15) is 32.1 Å². The fourth-order valence-corrected chi connectivity index (χ4v) is 2.36. The zero-order chi connectivity index (χ0) is 9.80. The summed E-state index contributed by atoms with van der Waals surface area (Å²) in [5.74, 6) is 0.341. The van der Waals surface area contributed by atoms with Gasteiger partial charge in [-0.05, 0) is 32.1 Å². The number of ether oxygens (including phenoxy) is 2. The number of rotatable bonds is 3. The van der Waals surface area contributed by atoms with Crippen molar-refractivity contribution in [2.75, 3.05) is 19.8 Å². The average molecular weight is 200 g/mol. The van der Waals surface area contributed by atoms with E-state index in [2.05, 4.69) is 0 Å². The standard InChI is InChI=1S/C11H20O3/c12-11(7-10-4-2-6-14-10)9-3-1-5-13-8-9/h9-12H,1-8H2.